The molecule has 1 heterocycles. The Bertz CT molecular complexity index is 1670. The second-order valence-corrected chi connectivity index (χ2v) is 18.4. The molecule has 288 valence electrons. The van der Waals surface area contributed by atoms with Gasteiger partial charge in [0.25, 0.3) is 0 Å². The predicted molar refractivity (Wildman–Crippen MR) is 181 cm³/mol. The summed E-state index contributed by atoms with van der Waals surface area (Å²) in [6, 6.07) is 0. The number of allylic oxidation sites excluding steroid dienone is 3. The van der Waals surface area contributed by atoms with Gasteiger partial charge < -0.3 is 23.7 Å². The topological polar surface area (TPSA) is 152 Å². The van der Waals surface area contributed by atoms with Crippen molar-refractivity contribution in [2.24, 2.45) is 28.6 Å². The van der Waals surface area contributed by atoms with Crippen LogP contribution in [0.25, 0.3) is 0 Å². The highest BCUT2D eigenvalue weighted by Crippen LogP contribution is 2.50. The molecule has 9 unspecified atom stereocenters. The molecule has 1 aliphatic heterocycles. The third-order valence-corrected chi connectivity index (χ3v) is 13.3. The normalized spacial score (nSPS) is 38.7. The minimum atomic E-state index is -6.05. The summed E-state index contributed by atoms with van der Waals surface area (Å²) >= 11 is 0. The Hall–Kier alpha value is -2.68. The maximum Gasteiger partial charge on any atom is 0.465 e. The summed E-state index contributed by atoms with van der Waals surface area (Å²) in [6.07, 6.45) is 13.9. The van der Waals surface area contributed by atoms with Crippen LogP contribution in [-0.4, -0.2) is 73.4 Å². The number of hydrogen-bond acceptors (Lipinski definition) is 10. The number of esters is 3. The van der Waals surface area contributed by atoms with E-state index in [1.807, 2.05) is 13.0 Å². The van der Waals surface area contributed by atoms with Crippen molar-refractivity contribution < 1.29 is 59.8 Å². The van der Waals surface area contributed by atoms with Gasteiger partial charge >= 0.3 is 33.3 Å². The molecule has 0 spiro atoms. The summed E-state index contributed by atoms with van der Waals surface area (Å²) < 4.78 is 90.1. The highest BCUT2D eigenvalue weighted by molar-refractivity contribution is 7.87. The van der Waals surface area contributed by atoms with E-state index >= 15 is 0 Å². The lowest BCUT2D eigenvalue weighted by Crippen LogP contribution is -2.49. The smallest absolute Gasteiger partial charge is 0.462 e. The number of fused-ring (bicyclic) bond motifs is 6. The summed E-state index contributed by atoms with van der Waals surface area (Å²) in [4.78, 5) is 39.8. The fraction of sp³-hybridized carbons (Fsp3) is 0.763. The molecule has 0 radical (unpaired) electrons. The Kier molecular flexibility index (Phi) is 10.0. The lowest BCUT2D eigenvalue weighted by Gasteiger charge is -2.44. The Morgan fingerprint density at radius 3 is 2.25 bits per heavy atom. The molecule has 4 fully saturated rings. The molecule has 1 saturated heterocycles. The van der Waals surface area contributed by atoms with Gasteiger partial charge in [0.2, 0.25) is 0 Å². The van der Waals surface area contributed by atoms with Gasteiger partial charge in [0, 0.05) is 12.3 Å². The zero-order valence-electron chi connectivity index (χ0n) is 29.9. The van der Waals surface area contributed by atoms with E-state index in [9.17, 15) is 31.6 Å². The van der Waals surface area contributed by atoms with E-state index in [-0.39, 0.29) is 50.3 Å². The summed E-state index contributed by atoms with van der Waals surface area (Å²) in [5.74, 6) is -2.92. The van der Waals surface area contributed by atoms with Gasteiger partial charge in [-0.1, -0.05) is 41.9 Å². The molecule has 9 atom stereocenters. The maximum atomic E-state index is 14.3. The zero-order valence-corrected chi connectivity index (χ0v) is 30.7. The van der Waals surface area contributed by atoms with Gasteiger partial charge in [-0.05, 0) is 109 Å². The Morgan fingerprint density at radius 1 is 0.904 bits per heavy atom. The van der Waals surface area contributed by atoms with Crippen molar-refractivity contribution >= 4 is 28.0 Å². The van der Waals surface area contributed by atoms with E-state index in [1.54, 1.807) is 0 Å². The van der Waals surface area contributed by atoms with Crippen LogP contribution < -0.4 is 0 Å². The summed E-state index contributed by atoms with van der Waals surface area (Å²) in [6.45, 7) is 3.69. The van der Waals surface area contributed by atoms with Gasteiger partial charge in [0.05, 0.1) is 10.8 Å². The summed E-state index contributed by atoms with van der Waals surface area (Å²) in [5.41, 5.74) is 0.531. The second kappa shape index (κ2) is 13.9. The van der Waals surface area contributed by atoms with Crippen molar-refractivity contribution in [1.82, 2.24) is 0 Å². The Morgan fingerprint density at radius 2 is 1.56 bits per heavy atom. The van der Waals surface area contributed by atoms with E-state index in [1.165, 1.54) is 11.1 Å². The van der Waals surface area contributed by atoms with E-state index in [2.05, 4.69) is 19.1 Å². The van der Waals surface area contributed by atoms with Crippen LogP contribution in [0.1, 0.15) is 110 Å². The molecule has 11 nitrogen and oxygen atoms in total. The monoisotopic (exact) mass is 752 g/mol. The first-order valence-corrected chi connectivity index (χ1v) is 20.3. The van der Waals surface area contributed by atoms with E-state index in [4.69, 9.17) is 28.2 Å². The molecule has 0 aromatic carbocycles. The average molecular weight is 753 g/mol. The maximum absolute atomic E-state index is 14.3. The number of halogens is 2. The number of alkyl halides is 2. The number of rotatable bonds is 10. The van der Waals surface area contributed by atoms with Crippen molar-refractivity contribution in [2.75, 3.05) is 13.2 Å². The quantitative estimate of drug-likeness (QED) is 0.112. The molecule has 7 rings (SSSR count). The fourth-order valence-corrected chi connectivity index (χ4v) is 10.6. The molecule has 0 aromatic rings. The molecule has 52 heavy (non-hydrogen) atoms. The van der Waals surface area contributed by atoms with E-state index in [0.29, 0.717) is 38.0 Å². The first kappa shape index (κ1) is 37.6. The van der Waals surface area contributed by atoms with Crippen molar-refractivity contribution in [3.8, 4) is 0 Å². The summed E-state index contributed by atoms with van der Waals surface area (Å²) in [7, 11) is -6.05. The standard InChI is InChI=1S/C38H50F2O11S/c1-23-12-24-8-4-10-36(15-23,18-24)33(42)48-22-30-29(21-47-32(41)35(2)16-25-6-3-7-26(13-25)17-35)49-31(50-30)28-14-27-9-5-11-37(19-27,20-28)51-34(43)38(39,40)52(44,45)46/h12,14,16,23,26,28-31H,3-11,13,15,17-22H2,1-2H3,(H,44,45,46). The van der Waals surface area contributed by atoms with Gasteiger partial charge in [0.15, 0.2) is 6.29 Å². The third kappa shape index (κ3) is 7.38. The highest BCUT2D eigenvalue weighted by Gasteiger charge is 2.58. The number of hydrogen-bond donors (Lipinski definition) is 1. The van der Waals surface area contributed by atoms with Crippen LogP contribution in [0.5, 0.6) is 0 Å². The lowest BCUT2D eigenvalue weighted by molar-refractivity contribution is -0.187. The van der Waals surface area contributed by atoms with Crippen LogP contribution in [0.15, 0.2) is 34.9 Å². The van der Waals surface area contributed by atoms with Crippen molar-refractivity contribution in [1.29, 1.82) is 0 Å². The molecule has 7 aliphatic rings. The largest absolute Gasteiger partial charge is 0.465 e. The van der Waals surface area contributed by atoms with Crippen LogP contribution in [0.2, 0.25) is 0 Å². The van der Waals surface area contributed by atoms with Crippen LogP contribution >= 0.6 is 0 Å². The zero-order chi connectivity index (χ0) is 37.1. The first-order valence-electron chi connectivity index (χ1n) is 18.8. The molecule has 6 bridgehead atoms. The van der Waals surface area contributed by atoms with Crippen molar-refractivity contribution in [3.63, 3.8) is 0 Å². The van der Waals surface area contributed by atoms with Crippen LogP contribution in [0, 0.1) is 28.6 Å². The van der Waals surface area contributed by atoms with Gasteiger partial charge in [-0.2, -0.15) is 17.2 Å². The predicted octanol–water partition coefficient (Wildman–Crippen LogP) is 6.52. The lowest BCUT2D eigenvalue weighted by atomic mass is 9.64. The minimum absolute atomic E-state index is 0.0172. The van der Waals surface area contributed by atoms with Gasteiger partial charge in [-0.3, -0.25) is 14.1 Å². The molecule has 0 amide bonds. The minimum Gasteiger partial charge on any atom is -0.462 e. The Labute approximate surface area is 303 Å². The Balaban J connectivity index is 1.08. The summed E-state index contributed by atoms with van der Waals surface area (Å²) in [5, 5.41) is -5.13. The van der Waals surface area contributed by atoms with E-state index < -0.39 is 62.2 Å². The number of carbonyl (C=O) groups is 3. The molecule has 1 N–H and O–H groups in total. The number of carbonyl (C=O) groups excluding carboxylic acids is 3. The average Bonchev–Trinajstić information content (AvgIpc) is 3.47. The SMILES string of the molecule is CC1C=C2CCCC(C(=O)OCC3OC(C4C=C5CCCC(OC(=O)C(F)(F)S(=O)(=O)O)(C5)C4)OC3COC(=O)C3(C)C=C4CCCC(C4)C3)(C2)C1. The van der Waals surface area contributed by atoms with Crippen molar-refractivity contribution in [3.05, 3.63) is 34.9 Å². The van der Waals surface area contributed by atoms with Gasteiger partial charge in [0.1, 0.15) is 31.0 Å². The molecular formula is C38H50F2O11S. The fourth-order valence-electron chi connectivity index (χ4n) is 10.3. The molecular weight excluding hydrogens is 702 g/mol. The van der Waals surface area contributed by atoms with Gasteiger partial charge in [-0.25, -0.2) is 4.79 Å². The van der Waals surface area contributed by atoms with Crippen LogP contribution in [0.4, 0.5) is 8.78 Å². The second-order valence-electron chi connectivity index (χ2n) is 16.9. The molecule has 14 heteroatoms. The third-order valence-electron chi connectivity index (χ3n) is 12.5. The van der Waals surface area contributed by atoms with Gasteiger partial charge in [-0.15, -0.1) is 0 Å². The molecule has 0 aromatic heterocycles. The first-order chi connectivity index (χ1) is 24.5. The highest BCUT2D eigenvalue weighted by atomic mass is 32.2. The number of ether oxygens (including phenoxy) is 5. The van der Waals surface area contributed by atoms with Crippen LogP contribution in [-0.2, 0) is 48.2 Å². The molecule has 3 saturated carbocycles. The van der Waals surface area contributed by atoms with Crippen LogP contribution in [0.3, 0.4) is 0 Å². The molecule has 6 aliphatic carbocycles. The van der Waals surface area contributed by atoms with Crippen molar-refractivity contribution in [2.45, 2.75) is 140 Å². The van der Waals surface area contributed by atoms with E-state index in [0.717, 1.165) is 50.5 Å².